The molecule has 0 radical (unpaired) electrons. The molecule has 4 rings (SSSR count). The number of pyridine rings is 1. The van der Waals surface area contributed by atoms with Crippen LogP contribution < -0.4 is 5.32 Å². The molecular formula is C22H22ClN3O. The van der Waals surface area contributed by atoms with Crippen molar-refractivity contribution in [3.05, 3.63) is 70.9 Å². The van der Waals surface area contributed by atoms with Gasteiger partial charge in [0.05, 0.1) is 16.2 Å². The first kappa shape index (κ1) is 18.0. The maximum Gasteiger partial charge on any atom is 0.255 e. The number of benzene rings is 2. The first-order valence-corrected chi connectivity index (χ1v) is 9.63. The number of rotatable bonds is 3. The Morgan fingerprint density at radius 2 is 1.85 bits per heavy atom. The summed E-state index contributed by atoms with van der Waals surface area (Å²) in [5.41, 5.74) is 3.38. The number of amides is 1. The molecule has 2 aromatic carbocycles. The molecule has 0 bridgehead atoms. The van der Waals surface area contributed by atoms with E-state index in [0.717, 1.165) is 18.5 Å². The SMILES string of the molecule is CN1CCC(c2ccc(C(=O)Nc3ccc(Cl)c4ncccc34)cc2)CC1. The molecule has 1 aromatic heterocycles. The van der Waals surface area contributed by atoms with Gasteiger partial charge in [-0.15, -0.1) is 0 Å². The van der Waals surface area contributed by atoms with Gasteiger partial charge in [0.15, 0.2) is 0 Å². The number of piperidine rings is 1. The lowest BCUT2D eigenvalue weighted by molar-refractivity contribution is 0.102. The molecule has 5 heteroatoms. The number of nitrogens with one attached hydrogen (secondary N) is 1. The van der Waals surface area contributed by atoms with E-state index in [4.69, 9.17) is 11.6 Å². The van der Waals surface area contributed by atoms with Crippen molar-refractivity contribution >= 4 is 34.1 Å². The third-order valence-corrected chi connectivity index (χ3v) is 5.64. The smallest absolute Gasteiger partial charge is 0.255 e. The van der Waals surface area contributed by atoms with Crippen LogP contribution in [0, 0.1) is 0 Å². The Balaban J connectivity index is 1.51. The molecule has 1 saturated heterocycles. The first-order chi connectivity index (χ1) is 13.1. The molecular weight excluding hydrogens is 358 g/mol. The van der Waals surface area contributed by atoms with Crippen molar-refractivity contribution in [2.24, 2.45) is 0 Å². The largest absolute Gasteiger partial charge is 0.321 e. The van der Waals surface area contributed by atoms with Crippen LogP contribution in [0.3, 0.4) is 0 Å². The molecule has 2 heterocycles. The molecule has 4 nitrogen and oxygen atoms in total. The van der Waals surface area contributed by atoms with Gasteiger partial charge in [0.2, 0.25) is 0 Å². The minimum atomic E-state index is -0.127. The van der Waals surface area contributed by atoms with Gasteiger partial charge < -0.3 is 10.2 Å². The number of fused-ring (bicyclic) bond motifs is 1. The number of hydrogen-bond acceptors (Lipinski definition) is 3. The second kappa shape index (κ2) is 7.67. The van der Waals surface area contributed by atoms with Gasteiger partial charge in [0.1, 0.15) is 0 Å². The average Bonchev–Trinajstić information content (AvgIpc) is 2.71. The van der Waals surface area contributed by atoms with Crippen molar-refractivity contribution in [1.82, 2.24) is 9.88 Å². The molecule has 138 valence electrons. The highest BCUT2D eigenvalue weighted by Crippen LogP contribution is 2.29. The van der Waals surface area contributed by atoms with E-state index in [9.17, 15) is 4.79 Å². The molecule has 0 saturated carbocycles. The number of nitrogens with zero attached hydrogens (tertiary/aromatic N) is 2. The Morgan fingerprint density at radius 1 is 1.11 bits per heavy atom. The Bertz CT molecular complexity index is 963. The van der Waals surface area contributed by atoms with Crippen LogP contribution in [0.1, 0.15) is 34.7 Å². The molecule has 1 fully saturated rings. The van der Waals surface area contributed by atoms with E-state index in [1.807, 2.05) is 30.3 Å². The number of carbonyl (C=O) groups excluding carboxylic acids is 1. The summed E-state index contributed by atoms with van der Waals surface area (Å²) in [5, 5.41) is 4.40. The van der Waals surface area contributed by atoms with Crippen LogP contribution >= 0.6 is 11.6 Å². The van der Waals surface area contributed by atoms with Gasteiger partial charge in [-0.1, -0.05) is 23.7 Å². The van der Waals surface area contributed by atoms with Gasteiger partial charge in [0.25, 0.3) is 5.91 Å². The van der Waals surface area contributed by atoms with Crippen LogP contribution in [0.2, 0.25) is 5.02 Å². The molecule has 0 unspecified atom stereocenters. The predicted molar refractivity (Wildman–Crippen MR) is 111 cm³/mol. The number of aromatic nitrogens is 1. The summed E-state index contributed by atoms with van der Waals surface area (Å²) in [4.78, 5) is 19.4. The summed E-state index contributed by atoms with van der Waals surface area (Å²) in [5.74, 6) is 0.460. The lowest BCUT2D eigenvalue weighted by Crippen LogP contribution is -2.29. The third kappa shape index (κ3) is 3.82. The molecule has 1 amide bonds. The van der Waals surface area contributed by atoms with E-state index in [0.29, 0.717) is 27.7 Å². The maximum atomic E-state index is 12.7. The van der Waals surface area contributed by atoms with Crippen molar-refractivity contribution in [3.63, 3.8) is 0 Å². The standard InChI is InChI=1S/C22H22ClN3O/c1-26-13-10-16(11-14-26)15-4-6-17(7-5-15)22(27)25-20-9-8-19(23)21-18(20)3-2-12-24-21/h2-9,12,16H,10-11,13-14H2,1H3,(H,25,27). The Kier molecular flexibility index (Phi) is 5.10. The van der Waals surface area contributed by atoms with Crippen LogP contribution in [0.15, 0.2) is 54.7 Å². The number of likely N-dealkylation sites (tertiary alicyclic amines) is 1. The van der Waals surface area contributed by atoms with Gasteiger partial charge in [-0.25, -0.2) is 0 Å². The molecule has 3 aromatic rings. The van der Waals surface area contributed by atoms with E-state index >= 15 is 0 Å². The van der Waals surface area contributed by atoms with Crippen molar-refractivity contribution in [1.29, 1.82) is 0 Å². The first-order valence-electron chi connectivity index (χ1n) is 9.25. The molecule has 0 aliphatic carbocycles. The molecule has 1 aliphatic heterocycles. The zero-order valence-corrected chi connectivity index (χ0v) is 16.0. The summed E-state index contributed by atoms with van der Waals surface area (Å²) in [6.07, 6.45) is 4.04. The second-order valence-electron chi connectivity index (χ2n) is 7.15. The van der Waals surface area contributed by atoms with Crippen LogP contribution in [0.5, 0.6) is 0 Å². The normalized spacial score (nSPS) is 15.8. The molecule has 1 N–H and O–H groups in total. The van der Waals surface area contributed by atoms with Gasteiger partial charge in [0, 0.05) is 17.1 Å². The molecule has 27 heavy (non-hydrogen) atoms. The van der Waals surface area contributed by atoms with E-state index < -0.39 is 0 Å². The van der Waals surface area contributed by atoms with E-state index in [1.54, 1.807) is 12.3 Å². The minimum Gasteiger partial charge on any atom is -0.321 e. The van der Waals surface area contributed by atoms with Gasteiger partial charge >= 0.3 is 0 Å². The van der Waals surface area contributed by atoms with E-state index in [2.05, 4.69) is 34.4 Å². The Labute approximate surface area is 164 Å². The van der Waals surface area contributed by atoms with Crippen LogP contribution in [-0.4, -0.2) is 35.9 Å². The fraction of sp³-hybridized carbons (Fsp3) is 0.273. The van der Waals surface area contributed by atoms with E-state index in [1.165, 1.54) is 18.4 Å². The predicted octanol–water partition coefficient (Wildman–Crippen LogP) is 4.95. The quantitative estimate of drug-likeness (QED) is 0.700. The number of hydrogen-bond donors (Lipinski definition) is 1. The summed E-state index contributed by atoms with van der Waals surface area (Å²) >= 11 is 6.20. The van der Waals surface area contributed by atoms with Crippen LogP contribution in [0.25, 0.3) is 10.9 Å². The zero-order chi connectivity index (χ0) is 18.8. The molecule has 0 atom stereocenters. The van der Waals surface area contributed by atoms with Gasteiger partial charge in [-0.3, -0.25) is 9.78 Å². The van der Waals surface area contributed by atoms with Gasteiger partial charge in [-0.05, 0) is 80.9 Å². The molecule has 1 aliphatic rings. The summed E-state index contributed by atoms with van der Waals surface area (Å²) < 4.78 is 0. The van der Waals surface area contributed by atoms with Crippen molar-refractivity contribution < 1.29 is 4.79 Å². The summed E-state index contributed by atoms with van der Waals surface area (Å²) in [6, 6.07) is 15.3. The van der Waals surface area contributed by atoms with Crippen LogP contribution in [0.4, 0.5) is 5.69 Å². The average molecular weight is 380 g/mol. The number of carbonyl (C=O) groups is 1. The monoisotopic (exact) mass is 379 g/mol. The Hall–Kier alpha value is -2.43. The van der Waals surface area contributed by atoms with Crippen molar-refractivity contribution in [2.75, 3.05) is 25.5 Å². The third-order valence-electron chi connectivity index (χ3n) is 5.33. The molecule has 0 spiro atoms. The lowest BCUT2D eigenvalue weighted by atomic mass is 9.89. The lowest BCUT2D eigenvalue weighted by Gasteiger charge is -2.29. The maximum absolute atomic E-state index is 12.7. The van der Waals surface area contributed by atoms with Crippen molar-refractivity contribution in [3.8, 4) is 0 Å². The van der Waals surface area contributed by atoms with Gasteiger partial charge in [-0.2, -0.15) is 0 Å². The zero-order valence-electron chi connectivity index (χ0n) is 15.3. The fourth-order valence-corrected chi connectivity index (χ4v) is 3.90. The topological polar surface area (TPSA) is 45.2 Å². The fourth-order valence-electron chi connectivity index (χ4n) is 3.69. The number of anilines is 1. The summed E-state index contributed by atoms with van der Waals surface area (Å²) in [7, 11) is 2.17. The minimum absolute atomic E-state index is 0.127. The Morgan fingerprint density at radius 3 is 2.59 bits per heavy atom. The highest BCUT2D eigenvalue weighted by atomic mass is 35.5. The summed E-state index contributed by atoms with van der Waals surface area (Å²) in [6.45, 7) is 2.26. The van der Waals surface area contributed by atoms with Crippen LogP contribution in [-0.2, 0) is 0 Å². The highest BCUT2D eigenvalue weighted by molar-refractivity contribution is 6.35. The highest BCUT2D eigenvalue weighted by Gasteiger charge is 2.18. The van der Waals surface area contributed by atoms with E-state index in [-0.39, 0.29) is 5.91 Å². The van der Waals surface area contributed by atoms with Crippen molar-refractivity contribution in [2.45, 2.75) is 18.8 Å². The second-order valence-corrected chi connectivity index (χ2v) is 7.56. The number of halogens is 1.